The van der Waals surface area contributed by atoms with Crippen LogP contribution >= 0.6 is 0 Å². The van der Waals surface area contributed by atoms with Gasteiger partial charge in [0, 0.05) is 12.0 Å². The van der Waals surface area contributed by atoms with Gasteiger partial charge in [-0.2, -0.15) is 0 Å². The number of hydrazine groups is 1. The smallest absolute Gasteiger partial charge is 0.269 e. The number of ether oxygens (including phenoxy) is 3. The molecule has 140 valence electrons. The maximum atomic E-state index is 12.2. The van der Waals surface area contributed by atoms with Crippen molar-refractivity contribution in [3.8, 4) is 17.2 Å². The molecule has 0 radical (unpaired) electrons. The minimum Gasteiger partial charge on any atom is -0.493 e. The second-order valence-electron chi connectivity index (χ2n) is 5.58. The van der Waals surface area contributed by atoms with Crippen molar-refractivity contribution >= 4 is 11.8 Å². The Labute approximate surface area is 149 Å². The van der Waals surface area contributed by atoms with Crippen LogP contribution in [0.4, 0.5) is 0 Å². The van der Waals surface area contributed by atoms with E-state index in [0.29, 0.717) is 23.7 Å². The van der Waals surface area contributed by atoms with Crippen molar-refractivity contribution in [2.75, 3.05) is 21.3 Å². The predicted molar refractivity (Wildman–Crippen MR) is 95.1 cm³/mol. The highest BCUT2D eigenvalue weighted by Crippen LogP contribution is 2.38. The number of unbranched alkanes of at least 4 members (excludes halogenated alkanes) is 4. The highest BCUT2D eigenvalue weighted by Gasteiger charge is 2.17. The standard InChI is InChI=1S/C18H28N2O5/c1-5-6-7-8-9-10-16(21)19-20-18(22)13-11-14(23-2)17(25-4)15(12-13)24-3/h11-12H,5-10H2,1-4H3,(H,19,21)(H,20,22). The van der Waals surface area contributed by atoms with E-state index in [-0.39, 0.29) is 11.5 Å². The van der Waals surface area contributed by atoms with E-state index in [1.165, 1.54) is 39.9 Å². The fraction of sp³-hybridized carbons (Fsp3) is 0.556. The van der Waals surface area contributed by atoms with Crippen LogP contribution in [0.15, 0.2) is 12.1 Å². The Morgan fingerprint density at radius 3 is 2.00 bits per heavy atom. The molecule has 0 heterocycles. The van der Waals surface area contributed by atoms with Crippen molar-refractivity contribution in [3.63, 3.8) is 0 Å². The molecule has 0 atom stereocenters. The third-order valence-electron chi connectivity index (χ3n) is 3.75. The van der Waals surface area contributed by atoms with Crippen LogP contribution in [-0.4, -0.2) is 33.1 Å². The van der Waals surface area contributed by atoms with Gasteiger partial charge in [-0.1, -0.05) is 32.6 Å². The lowest BCUT2D eigenvalue weighted by Gasteiger charge is -2.14. The molecule has 7 heteroatoms. The molecule has 0 aromatic heterocycles. The van der Waals surface area contributed by atoms with E-state index in [1.807, 2.05) is 0 Å². The lowest BCUT2D eigenvalue weighted by Crippen LogP contribution is -2.41. The molecule has 25 heavy (non-hydrogen) atoms. The normalized spacial score (nSPS) is 10.1. The molecule has 1 aromatic carbocycles. The van der Waals surface area contributed by atoms with Gasteiger partial charge in [0.25, 0.3) is 5.91 Å². The van der Waals surface area contributed by atoms with Gasteiger partial charge in [-0.25, -0.2) is 0 Å². The van der Waals surface area contributed by atoms with Crippen molar-refractivity contribution in [1.82, 2.24) is 10.9 Å². The lowest BCUT2D eigenvalue weighted by molar-refractivity contribution is -0.122. The molecule has 0 saturated heterocycles. The third-order valence-corrected chi connectivity index (χ3v) is 3.75. The largest absolute Gasteiger partial charge is 0.493 e. The molecular formula is C18H28N2O5. The van der Waals surface area contributed by atoms with E-state index in [2.05, 4.69) is 17.8 Å². The average Bonchev–Trinajstić information content (AvgIpc) is 2.64. The fourth-order valence-corrected chi connectivity index (χ4v) is 2.36. The molecule has 1 rings (SSSR count). The Morgan fingerprint density at radius 1 is 0.880 bits per heavy atom. The molecule has 0 unspecified atom stereocenters. The predicted octanol–water partition coefficient (Wildman–Crippen LogP) is 2.83. The number of carbonyl (C=O) groups excluding carboxylic acids is 2. The number of hydrogen-bond donors (Lipinski definition) is 2. The molecule has 0 spiro atoms. The number of amides is 2. The van der Waals surface area contributed by atoms with Crippen LogP contribution in [0.3, 0.4) is 0 Å². The summed E-state index contributed by atoms with van der Waals surface area (Å²) in [6, 6.07) is 3.04. The van der Waals surface area contributed by atoms with Gasteiger partial charge in [-0.3, -0.25) is 20.4 Å². The van der Waals surface area contributed by atoms with Gasteiger partial charge in [0.1, 0.15) is 0 Å². The van der Waals surface area contributed by atoms with E-state index in [9.17, 15) is 9.59 Å². The first-order chi connectivity index (χ1) is 12.1. The molecule has 0 bridgehead atoms. The first kappa shape index (κ1) is 20.6. The molecule has 2 amide bonds. The number of carbonyl (C=O) groups is 2. The average molecular weight is 352 g/mol. The van der Waals surface area contributed by atoms with Crippen molar-refractivity contribution in [3.05, 3.63) is 17.7 Å². The second-order valence-corrected chi connectivity index (χ2v) is 5.58. The van der Waals surface area contributed by atoms with Gasteiger partial charge in [-0.05, 0) is 18.6 Å². The Kier molecular flexibility index (Phi) is 9.21. The van der Waals surface area contributed by atoms with Crippen molar-refractivity contribution in [2.24, 2.45) is 0 Å². The van der Waals surface area contributed by atoms with Gasteiger partial charge in [-0.15, -0.1) is 0 Å². The van der Waals surface area contributed by atoms with E-state index < -0.39 is 5.91 Å². The van der Waals surface area contributed by atoms with Gasteiger partial charge >= 0.3 is 0 Å². The minimum absolute atomic E-state index is 0.211. The van der Waals surface area contributed by atoms with Gasteiger partial charge in [0.05, 0.1) is 21.3 Å². The van der Waals surface area contributed by atoms with E-state index in [1.54, 1.807) is 0 Å². The summed E-state index contributed by atoms with van der Waals surface area (Å²) in [5, 5.41) is 0. The summed E-state index contributed by atoms with van der Waals surface area (Å²) in [6.45, 7) is 2.14. The number of rotatable bonds is 10. The number of nitrogens with one attached hydrogen (secondary N) is 2. The molecule has 0 aliphatic rings. The monoisotopic (exact) mass is 352 g/mol. The summed E-state index contributed by atoms with van der Waals surface area (Å²) in [7, 11) is 4.43. The van der Waals surface area contributed by atoms with Crippen molar-refractivity contribution in [2.45, 2.75) is 45.4 Å². The van der Waals surface area contributed by atoms with E-state index >= 15 is 0 Å². The van der Waals surface area contributed by atoms with Gasteiger partial charge in [0.2, 0.25) is 11.7 Å². The molecule has 0 saturated carbocycles. The van der Waals surface area contributed by atoms with Crippen LogP contribution < -0.4 is 25.1 Å². The number of hydrogen-bond acceptors (Lipinski definition) is 5. The van der Waals surface area contributed by atoms with Crippen LogP contribution in [0.2, 0.25) is 0 Å². The van der Waals surface area contributed by atoms with Crippen LogP contribution in [0, 0.1) is 0 Å². The van der Waals surface area contributed by atoms with Crippen LogP contribution in [-0.2, 0) is 4.79 Å². The zero-order chi connectivity index (χ0) is 18.7. The number of benzene rings is 1. The SMILES string of the molecule is CCCCCCCC(=O)NNC(=O)c1cc(OC)c(OC)c(OC)c1. The van der Waals surface area contributed by atoms with Crippen molar-refractivity contribution in [1.29, 1.82) is 0 Å². The summed E-state index contributed by atoms with van der Waals surface area (Å²) in [5.41, 5.74) is 5.11. The summed E-state index contributed by atoms with van der Waals surface area (Å²) >= 11 is 0. The van der Waals surface area contributed by atoms with Gasteiger partial charge in [0.15, 0.2) is 11.5 Å². The first-order valence-electron chi connectivity index (χ1n) is 8.46. The molecule has 0 aliphatic heterocycles. The fourth-order valence-electron chi connectivity index (χ4n) is 2.36. The number of methoxy groups -OCH3 is 3. The Bertz CT molecular complexity index is 550. The second kappa shape index (κ2) is 11.2. The molecule has 0 fully saturated rings. The molecule has 2 N–H and O–H groups in total. The Morgan fingerprint density at radius 2 is 1.48 bits per heavy atom. The Balaban J connectivity index is 2.58. The summed E-state index contributed by atoms with van der Waals surface area (Å²) < 4.78 is 15.6. The van der Waals surface area contributed by atoms with Crippen LogP contribution in [0.1, 0.15) is 55.8 Å². The molecule has 0 aliphatic carbocycles. The van der Waals surface area contributed by atoms with Crippen LogP contribution in [0.5, 0.6) is 17.2 Å². The van der Waals surface area contributed by atoms with Crippen LogP contribution in [0.25, 0.3) is 0 Å². The topological polar surface area (TPSA) is 85.9 Å². The summed E-state index contributed by atoms with van der Waals surface area (Å²) in [6.07, 6.45) is 5.69. The maximum Gasteiger partial charge on any atom is 0.269 e. The highest BCUT2D eigenvalue weighted by molar-refractivity contribution is 5.96. The third kappa shape index (κ3) is 6.52. The van der Waals surface area contributed by atoms with E-state index in [0.717, 1.165) is 25.7 Å². The zero-order valence-corrected chi connectivity index (χ0v) is 15.4. The quantitative estimate of drug-likeness (QED) is 0.499. The lowest BCUT2D eigenvalue weighted by atomic mass is 10.1. The van der Waals surface area contributed by atoms with Crippen molar-refractivity contribution < 1.29 is 23.8 Å². The zero-order valence-electron chi connectivity index (χ0n) is 15.4. The Hall–Kier alpha value is -2.44. The summed E-state index contributed by atoms with van der Waals surface area (Å²) in [5.74, 6) is 0.469. The molecular weight excluding hydrogens is 324 g/mol. The molecule has 7 nitrogen and oxygen atoms in total. The highest BCUT2D eigenvalue weighted by atomic mass is 16.5. The minimum atomic E-state index is -0.460. The molecule has 1 aromatic rings. The van der Waals surface area contributed by atoms with Gasteiger partial charge < -0.3 is 14.2 Å². The summed E-state index contributed by atoms with van der Waals surface area (Å²) in [4.78, 5) is 24.0. The van der Waals surface area contributed by atoms with E-state index in [4.69, 9.17) is 14.2 Å². The maximum absolute atomic E-state index is 12.2. The first-order valence-corrected chi connectivity index (χ1v) is 8.46.